The van der Waals surface area contributed by atoms with E-state index in [2.05, 4.69) is 16.0 Å². The second-order valence-electron chi connectivity index (χ2n) is 17.2. The fourth-order valence-electron chi connectivity index (χ4n) is 7.67. The maximum absolute atomic E-state index is 14.7. The van der Waals surface area contributed by atoms with Crippen LogP contribution in [0, 0.1) is 11.8 Å². The molecular weight excluding hydrogens is 919 g/mol. The van der Waals surface area contributed by atoms with E-state index >= 15 is 0 Å². The summed E-state index contributed by atoms with van der Waals surface area (Å²) in [4.78, 5) is 132. The molecule has 0 spiro atoms. The van der Waals surface area contributed by atoms with Gasteiger partial charge in [-0.3, -0.25) is 48.1 Å². The average Bonchev–Trinajstić information content (AvgIpc) is 3.26. The molecule has 384 valence electrons. The highest BCUT2D eigenvalue weighted by atomic mass is 32.2. The van der Waals surface area contributed by atoms with Gasteiger partial charge in [-0.2, -0.15) is 0 Å². The maximum atomic E-state index is 14.7. The summed E-state index contributed by atoms with van der Waals surface area (Å²) in [6.07, 6.45) is -3.36. The average molecular weight is 988 g/mol. The van der Waals surface area contributed by atoms with Crippen LogP contribution in [0.4, 0.5) is 0 Å². The Morgan fingerprint density at radius 3 is 1.99 bits per heavy atom. The summed E-state index contributed by atoms with van der Waals surface area (Å²) in [5.74, 6) is -11.9. The first-order chi connectivity index (χ1) is 31.8. The van der Waals surface area contributed by atoms with Gasteiger partial charge in [-0.25, -0.2) is 4.79 Å². The summed E-state index contributed by atoms with van der Waals surface area (Å²) >= 11 is 0.965. The largest absolute Gasteiger partial charge is 0.480 e. The van der Waals surface area contributed by atoms with Crippen molar-refractivity contribution >= 4 is 71.0 Å². The monoisotopic (exact) mass is 987 g/mol. The first kappa shape index (κ1) is 58.7. The Labute approximate surface area is 397 Å². The Morgan fingerprint density at radius 2 is 1.47 bits per heavy atom. The van der Waals surface area contributed by atoms with Crippen LogP contribution in [0.2, 0.25) is 0 Å². The number of carbonyl (C=O) groups is 10. The van der Waals surface area contributed by atoms with Gasteiger partial charge in [-0.15, -0.1) is 11.8 Å². The van der Waals surface area contributed by atoms with E-state index < -0.39 is 150 Å². The molecule has 1 fully saturated rings. The molecule has 9 atom stereocenters. The number of fused-ring (bicyclic) bond motifs is 1. The van der Waals surface area contributed by atoms with Crippen LogP contribution < -0.4 is 50.4 Å². The molecule has 0 aromatic carbocycles. The number of carboxylic acid groups (broad SMARTS) is 2. The lowest BCUT2D eigenvalue weighted by molar-refractivity contribution is -0.192. The van der Waals surface area contributed by atoms with Crippen molar-refractivity contribution in [1.29, 1.82) is 0 Å². The lowest BCUT2D eigenvalue weighted by Gasteiger charge is -2.55. The van der Waals surface area contributed by atoms with Crippen molar-refractivity contribution in [3.8, 4) is 0 Å². The Kier molecular flexibility index (Phi) is 23.2. The van der Waals surface area contributed by atoms with Gasteiger partial charge in [0.15, 0.2) is 0 Å². The quantitative estimate of drug-likeness (QED) is 0.0177. The van der Waals surface area contributed by atoms with Crippen molar-refractivity contribution in [3.63, 3.8) is 0 Å². The third-order valence-corrected chi connectivity index (χ3v) is 12.7. The lowest BCUT2D eigenvalue weighted by atomic mass is 9.93. The van der Waals surface area contributed by atoms with Gasteiger partial charge in [0.1, 0.15) is 41.8 Å². The summed E-state index contributed by atoms with van der Waals surface area (Å²) in [5.41, 5.74) is 31.6. The number of aliphatic carboxylic acids is 2. The van der Waals surface area contributed by atoms with E-state index in [1.807, 2.05) is 0 Å². The highest BCUT2D eigenvalue weighted by Gasteiger charge is 2.66. The van der Waals surface area contributed by atoms with Crippen molar-refractivity contribution in [2.75, 3.05) is 32.6 Å². The van der Waals surface area contributed by atoms with E-state index in [0.29, 0.717) is 6.42 Å². The Morgan fingerprint density at radius 1 is 0.868 bits per heavy atom. The number of esters is 1. The number of nitrogens with two attached hydrogens (primary N) is 6. The van der Waals surface area contributed by atoms with E-state index in [1.54, 1.807) is 13.8 Å². The molecule has 18 N–H and O–H groups in total. The molecule has 7 amide bonds. The number of nitrogens with zero attached hydrogens (tertiary/aromatic N) is 2. The van der Waals surface area contributed by atoms with E-state index in [-0.39, 0.29) is 62.9 Å². The van der Waals surface area contributed by atoms with E-state index in [0.717, 1.165) is 28.7 Å². The van der Waals surface area contributed by atoms with Crippen molar-refractivity contribution in [3.05, 3.63) is 11.3 Å². The molecule has 27 heteroatoms. The van der Waals surface area contributed by atoms with Crippen LogP contribution in [-0.4, -0.2) is 170 Å². The number of amides is 7. The summed E-state index contributed by atoms with van der Waals surface area (Å²) < 4.78 is 10.8. The minimum atomic E-state index is -2.01. The number of carbonyl (C=O) groups excluding carboxylic acids is 8. The zero-order chi connectivity index (χ0) is 51.8. The maximum Gasteiger partial charge on any atom is 0.352 e. The van der Waals surface area contributed by atoms with Crippen molar-refractivity contribution in [1.82, 2.24) is 25.8 Å². The molecule has 2 unspecified atom stereocenters. The zero-order valence-corrected chi connectivity index (χ0v) is 39.8. The van der Waals surface area contributed by atoms with Crippen molar-refractivity contribution < 1.29 is 72.7 Å². The van der Waals surface area contributed by atoms with Gasteiger partial charge in [-0.05, 0) is 63.5 Å². The number of ether oxygens (including phenoxy) is 2. The number of hydrogen-bond acceptors (Lipinski definition) is 18. The molecule has 2 aliphatic heterocycles. The molecule has 26 nitrogen and oxygen atoms in total. The van der Waals surface area contributed by atoms with Crippen LogP contribution in [0.1, 0.15) is 85.5 Å². The molecule has 0 saturated carbocycles. The molecule has 2 aliphatic rings. The van der Waals surface area contributed by atoms with Crippen LogP contribution in [-0.2, 0) is 57.4 Å². The van der Waals surface area contributed by atoms with E-state index in [1.165, 1.54) is 13.8 Å². The van der Waals surface area contributed by atoms with E-state index in [9.17, 15) is 58.2 Å². The standard InChI is InChI=1S/C41H69N11O15S/c1-19(2)30(49-34(58)22(44)10-7-13-42)35(59)48-24(11-8-14-43)36(60)51(31(20(3)4)33(47)57)25(15-27(46)54)26(53)16-29(56)67-17-21-18-68-40-41(66-5,39(65)52(40)32(21)38(63)64)50-28(55)12-6-9-23(45)37(61)62/h19-20,22-26,30-31,40,53H,6-18,42-45H2,1-5H3,(H2,46,54)(H2,47,57)(H,48,59)(H,49,58)(H,50,55)(H,61,62)(H,63,64)/t22-,23+,24-,25?,26?,30-,31-,40+,41-/m0/s1. The third-order valence-electron chi connectivity index (χ3n) is 11.3. The molecule has 1 saturated heterocycles. The fourth-order valence-corrected chi connectivity index (χ4v) is 9.09. The number of hydrogen-bond donors (Lipinski definition) is 12. The number of aliphatic hydroxyl groups excluding tert-OH is 1. The van der Waals surface area contributed by atoms with Gasteiger partial charge < -0.3 is 80.0 Å². The number of nitrogens with one attached hydrogen (secondary N) is 3. The van der Waals surface area contributed by atoms with Gasteiger partial charge in [0.05, 0.1) is 24.6 Å². The molecule has 2 heterocycles. The Hall–Kier alpha value is -5.45. The molecule has 0 aliphatic carbocycles. The molecule has 0 radical (unpaired) electrons. The third kappa shape index (κ3) is 15.3. The second kappa shape index (κ2) is 26.9. The summed E-state index contributed by atoms with van der Waals surface area (Å²) in [5, 5.41) is 37.4. The Bertz CT molecular complexity index is 1910. The van der Waals surface area contributed by atoms with Crippen molar-refractivity contribution in [2.45, 2.75) is 139 Å². The normalized spacial score (nSPS) is 19.9. The SMILES string of the molecule is CO[C@@]1(NC(=O)CCC[C@@H](N)C(=O)O)C(=O)N2C(C(=O)O)=C(COC(=O)CC(O)C(CC(N)=O)N(C(=O)[C@H](CCCN)NC(=O)[C@@H](NC(=O)[C@@H](N)CCCN)C(C)C)[C@H](C(N)=O)C(C)C)CS[C@@H]21. The summed E-state index contributed by atoms with van der Waals surface area (Å²) in [6.45, 7) is 5.87. The molecule has 0 bridgehead atoms. The van der Waals surface area contributed by atoms with Gasteiger partial charge in [0, 0.05) is 31.3 Å². The van der Waals surface area contributed by atoms with Crippen LogP contribution in [0.3, 0.4) is 0 Å². The minimum absolute atomic E-state index is 0.0328. The first-order valence-corrected chi connectivity index (χ1v) is 23.1. The second-order valence-corrected chi connectivity index (χ2v) is 18.3. The zero-order valence-electron chi connectivity index (χ0n) is 39.0. The number of carboxylic acids is 2. The Balaban J connectivity index is 2.43. The summed E-state index contributed by atoms with van der Waals surface area (Å²) in [6, 6.07) is -8.25. The van der Waals surface area contributed by atoms with Gasteiger partial charge in [-0.1, -0.05) is 27.7 Å². The smallest absolute Gasteiger partial charge is 0.352 e. The molecular formula is C41H69N11O15S. The lowest BCUT2D eigenvalue weighted by Crippen LogP contribution is -2.80. The molecule has 0 aromatic rings. The topological polar surface area (TPSA) is 449 Å². The number of primary amides is 2. The van der Waals surface area contributed by atoms with Gasteiger partial charge in [0.25, 0.3) is 11.6 Å². The highest BCUT2D eigenvalue weighted by Crippen LogP contribution is 2.46. The van der Waals surface area contributed by atoms with Gasteiger partial charge >= 0.3 is 17.9 Å². The fraction of sp³-hybridized carbons (Fsp3) is 0.707. The van der Waals surface area contributed by atoms with Crippen LogP contribution >= 0.6 is 11.8 Å². The van der Waals surface area contributed by atoms with E-state index in [4.69, 9.17) is 49.0 Å². The van der Waals surface area contributed by atoms with Crippen LogP contribution in [0.15, 0.2) is 11.3 Å². The number of β-lactam (4-membered cyclic amide) rings is 1. The number of thioether (sulfide) groups is 1. The predicted octanol–water partition coefficient (Wildman–Crippen LogP) is -4.41. The van der Waals surface area contributed by atoms with Crippen LogP contribution in [0.25, 0.3) is 0 Å². The predicted molar refractivity (Wildman–Crippen MR) is 242 cm³/mol. The molecule has 2 rings (SSSR count). The number of methoxy groups -OCH3 is 1. The van der Waals surface area contributed by atoms with Crippen LogP contribution in [0.5, 0.6) is 0 Å². The number of aliphatic hydroxyl groups is 1. The molecule has 68 heavy (non-hydrogen) atoms. The highest BCUT2D eigenvalue weighted by molar-refractivity contribution is 8.00. The minimum Gasteiger partial charge on any atom is -0.480 e. The van der Waals surface area contributed by atoms with Crippen molar-refractivity contribution in [2.24, 2.45) is 46.2 Å². The first-order valence-electron chi connectivity index (χ1n) is 22.1. The number of rotatable bonds is 31. The molecule has 0 aromatic heterocycles. The summed E-state index contributed by atoms with van der Waals surface area (Å²) in [7, 11) is 1.13. The van der Waals surface area contributed by atoms with Gasteiger partial charge in [0.2, 0.25) is 35.4 Å².